The van der Waals surface area contributed by atoms with E-state index in [2.05, 4.69) is 22.1 Å². The molecule has 1 N–H and O–H groups in total. The number of aromatic nitrogens is 4. The monoisotopic (exact) mass is 395 g/mol. The van der Waals surface area contributed by atoms with Gasteiger partial charge in [-0.1, -0.05) is 12.1 Å². The molecule has 2 aromatic heterocycles. The highest BCUT2D eigenvalue weighted by atomic mass is 16.4. The van der Waals surface area contributed by atoms with Crippen molar-refractivity contribution in [3.8, 4) is 5.69 Å². The van der Waals surface area contributed by atoms with Gasteiger partial charge in [0.25, 0.3) is 5.91 Å². The summed E-state index contributed by atoms with van der Waals surface area (Å²) in [6.45, 7) is 6.05. The first-order valence-electron chi connectivity index (χ1n) is 9.87. The number of nitrogens with zero attached hydrogens (tertiary/aromatic N) is 5. The molecule has 1 aliphatic rings. The lowest BCUT2D eigenvalue weighted by atomic mass is 9.92. The number of benzene rings is 1. The Morgan fingerprint density at radius 2 is 1.97 bits per heavy atom. The lowest BCUT2D eigenvalue weighted by molar-refractivity contribution is 0.0596. The number of carbonyl (C=O) groups excluding carboxylic acids is 1. The number of hydrogen-bond donors (Lipinski definition) is 1. The van der Waals surface area contributed by atoms with E-state index in [1.807, 2.05) is 23.1 Å². The third kappa shape index (κ3) is 3.67. The zero-order valence-corrected chi connectivity index (χ0v) is 16.8. The van der Waals surface area contributed by atoms with E-state index in [0.29, 0.717) is 35.1 Å². The number of para-hydroxylation sites is 1. The van der Waals surface area contributed by atoms with E-state index >= 15 is 0 Å². The highest BCUT2D eigenvalue weighted by Gasteiger charge is 2.34. The van der Waals surface area contributed by atoms with Crippen LogP contribution in [0.4, 0.5) is 0 Å². The Morgan fingerprint density at radius 3 is 2.66 bits per heavy atom. The van der Waals surface area contributed by atoms with Gasteiger partial charge in [-0.3, -0.25) is 4.79 Å². The van der Waals surface area contributed by atoms with Crippen LogP contribution in [-0.2, 0) is 0 Å². The van der Waals surface area contributed by atoms with Crippen LogP contribution >= 0.6 is 0 Å². The van der Waals surface area contributed by atoms with E-state index in [1.165, 1.54) is 4.80 Å². The number of likely N-dealkylation sites (tertiary alicyclic amines) is 1. The SMILES string of the molecule is Cc1oc([C@@H]2CC[C@@H](C)N(C(=O)c3ccccc3-n3nccn3)C2)nc1[C@H](C)O. The average Bonchev–Trinajstić information content (AvgIpc) is 3.38. The molecular weight excluding hydrogens is 370 g/mol. The zero-order valence-electron chi connectivity index (χ0n) is 16.8. The largest absolute Gasteiger partial charge is 0.445 e. The second kappa shape index (κ2) is 7.79. The van der Waals surface area contributed by atoms with Gasteiger partial charge in [0.2, 0.25) is 0 Å². The van der Waals surface area contributed by atoms with Crippen LogP contribution in [0.5, 0.6) is 0 Å². The molecule has 1 aliphatic heterocycles. The molecule has 29 heavy (non-hydrogen) atoms. The predicted molar refractivity (Wildman–Crippen MR) is 106 cm³/mol. The summed E-state index contributed by atoms with van der Waals surface area (Å²) in [5.74, 6) is 1.15. The van der Waals surface area contributed by atoms with Gasteiger partial charge in [-0.25, -0.2) is 4.98 Å². The van der Waals surface area contributed by atoms with Crippen LogP contribution in [0.3, 0.4) is 0 Å². The minimum Gasteiger partial charge on any atom is -0.445 e. The maximum absolute atomic E-state index is 13.4. The van der Waals surface area contributed by atoms with E-state index in [4.69, 9.17) is 4.42 Å². The summed E-state index contributed by atoms with van der Waals surface area (Å²) in [6.07, 6.45) is 4.23. The smallest absolute Gasteiger partial charge is 0.256 e. The van der Waals surface area contributed by atoms with Gasteiger partial charge in [-0.05, 0) is 45.7 Å². The fourth-order valence-electron chi connectivity index (χ4n) is 3.91. The van der Waals surface area contributed by atoms with Crippen molar-refractivity contribution in [3.05, 3.63) is 59.6 Å². The van der Waals surface area contributed by atoms with Crippen molar-refractivity contribution in [1.82, 2.24) is 24.9 Å². The van der Waals surface area contributed by atoms with Gasteiger partial charge in [-0.2, -0.15) is 15.0 Å². The molecule has 0 spiro atoms. The summed E-state index contributed by atoms with van der Waals surface area (Å²) >= 11 is 0. The lowest BCUT2D eigenvalue weighted by Gasteiger charge is -2.37. The number of hydrogen-bond acceptors (Lipinski definition) is 6. The Balaban J connectivity index is 1.61. The molecule has 0 unspecified atom stereocenters. The van der Waals surface area contributed by atoms with Crippen molar-refractivity contribution in [2.24, 2.45) is 0 Å². The first-order valence-corrected chi connectivity index (χ1v) is 9.87. The van der Waals surface area contributed by atoms with Crippen molar-refractivity contribution in [1.29, 1.82) is 0 Å². The van der Waals surface area contributed by atoms with Crippen LogP contribution in [0.25, 0.3) is 5.69 Å². The number of carbonyl (C=O) groups is 1. The number of aliphatic hydroxyl groups is 1. The molecule has 3 atom stereocenters. The van der Waals surface area contributed by atoms with Crippen LogP contribution in [0.2, 0.25) is 0 Å². The molecule has 3 heterocycles. The molecule has 0 saturated carbocycles. The predicted octanol–water partition coefficient (Wildman–Crippen LogP) is 3.03. The zero-order chi connectivity index (χ0) is 20.5. The highest BCUT2D eigenvalue weighted by molar-refractivity contribution is 5.98. The second-order valence-corrected chi connectivity index (χ2v) is 7.59. The topological polar surface area (TPSA) is 97.3 Å². The molecule has 4 rings (SSSR count). The Labute approximate surface area is 169 Å². The van der Waals surface area contributed by atoms with Crippen LogP contribution in [0.15, 0.2) is 41.1 Å². The standard InChI is InChI=1S/C21H25N5O3/c1-13-8-9-16(20-24-19(14(2)27)15(3)29-20)12-25(13)21(28)17-6-4-5-7-18(17)26-22-10-11-23-26/h4-7,10-11,13-14,16,27H,8-9,12H2,1-3H3/t13-,14+,16-/m1/s1. The Morgan fingerprint density at radius 1 is 1.24 bits per heavy atom. The molecule has 3 aromatic rings. The molecule has 1 saturated heterocycles. The van der Waals surface area contributed by atoms with Crippen LogP contribution in [0.1, 0.15) is 66.4 Å². The van der Waals surface area contributed by atoms with Crippen molar-refractivity contribution in [2.75, 3.05) is 6.54 Å². The van der Waals surface area contributed by atoms with Crippen molar-refractivity contribution in [3.63, 3.8) is 0 Å². The Hall–Kier alpha value is -3.00. The van der Waals surface area contributed by atoms with Gasteiger partial charge < -0.3 is 14.4 Å². The third-order valence-electron chi connectivity index (χ3n) is 5.51. The van der Waals surface area contributed by atoms with E-state index in [9.17, 15) is 9.90 Å². The molecule has 8 heteroatoms. The van der Waals surface area contributed by atoms with Gasteiger partial charge >= 0.3 is 0 Å². The van der Waals surface area contributed by atoms with Gasteiger partial charge in [0.15, 0.2) is 5.89 Å². The average molecular weight is 395 g/mol. The molecule has 0 bridgehead atoms. The number of amides is 1. The van der Waals surface area contributed by atoms with Gasteiger partial charge in [0, 0.05) is 12.6 Å². The van der Waals surface area contributed by atoms with E-state index in [1.54, 1.807) is 32.3 Å². The molecule has 8 nitrogen and oxygen atoms in total. The fraction of sp³-hybridized carbons (Fsp3) is 0.429. The molecule has 1 aromatic carbocycles. The summed E-state index contributed by atoms with van der Waals surface area (Å²) in [5.41, 5.74) is 1.77. The first kappa shape index (κ1) is 19.3. The lowest BCUT2D eigenvalue weighted by Crippen LogP contribution is -2.45. The molecule has 152 valence electrons. The molecule has 0 aliphatic carbocycles. The minimum atomic E-state index is -0.679. The number of piperidine rings is 1. The Kier molecular flexibility index (Phi) is 5.19. The maximum atomic E-state index is 13.4. The summed E-state index contributed by atoms with van der Waals surface area (Å²) in [4.78, 5) is 21.3. The van der Waals surface area contributed by atoms with Crippen LogP contribution < -0.4 is 0 Å². The molecule has 1 fully saturated rings. The number of aryl methyl sites for hydroxylation is 1. The quantitative estimate of drug-likeness (QED) is 0.729. The summed E-state index contributed by atoms with van der Waals surface area (Å²) < 4.78 is 5.83. The van der Waals surface area contributed by atoms with Gasteiger partial charge in [-0.15, -0.1) is 0 Å². The minimum absolute atomic E-state index is 0.00339. The molecular formula is C21H25N5O3. The Bertz CT molecular complexity index is 996. The van der Waals surface area contributed by atoms with Crippen molar-refractivity contribution >= 4 is 5.91 Å². The van der Waals surface area contributed by atoms with Gasteiger partial charge in [0.05, 0.1) is 35.7 Å². The fourth-order valence-corrected chi connectivity index (χ4v) is 3.91. The van der Waals surface area contributed by atoms with E-state index < -0.39 is 6.10 Å². The third-order valence-corrected chi connectivity index (χ3v) is 5.51. The van der Waals surface area contributed by atoms with Crippen molar-refractivity contribution < 1.29 is 14.3 Å². The summed E-state index contributed by atoms with van der Waals surface area (Å²) in [7, 11) is 0. The van der Waals surface area contributed by atoms with Crippen molar-refractivity contribution in [2.45, 2.75) is 51.7 Å². The normalized spacial score (nSPS) is 20.6. The summed E-state index contributed by atoms with van der Waals surface area (Å²) in [5, 5.41) is 18.2. The summed E-state index contributed by atoms with van der Waals surface area (Å²) in [6, 6.07) is 7.46. The highest BCUT2D eigenvalue weighted by Crippen LogP contribution is 2.33. The number of rotatable bonds is 4. The molecule has 1 amide bonds. The molecule has 0 radical (unpaired) electrons. The number of aliphatic hydroxyl groups excluding tert-OH is 1. The second-order valence-electron chi connectivity index (χ2n) is 7.59. The van der Waals surface area contributed by atoms with Gasteiger partial charge in [0.1, 0.15) is 11.5 Å². The van der Waals surface area contributed by atoms with E-state index in [-0.39, 0.29) is 17.9 Å². The van der Waals surface area contributed by atoms with Crippen LogP contribution in [-0.4, -0.2) is 48.5 Å². The van der Waals surface area contributed by atoms with Crippen LogP contribution in [0, 0.1) is 6.92 Å². The maximum Gasteiger partial charge on any atom is 0.256 e. The number of oxazole rings is 1. The first-order chi connectivity index (χ1) is 14.0. The van der Waals surface area contributed by atoms with E-state index in [0.717, 1.165) is 12.8 Å².